The van der Waals surface area contributed by atoms with Crippen molar-refractivity contribution >= 4 is 40.8 Å². The minimum absolute atomic E-state index is 0.0115. The number of hydrogen-bond acceptors (Lipinski definition) is 4. The van der Waals surface area contributed by atoms with Crippen molar-refractivity contribution in [3.63, 3.8) is 0 Å². The van der Waals surface area contributed by atoms with Gasteiger partial charge in [-0.15, -0.1) is 0 Å². The van der Waals surface area contributed by atoms with Gasteiger partial charge in [-0.3, -0.25) is 14.4 Å². The van der Waals surface area contributed by atoms with Gasteiger partial charge in [-0.1, -0.05) is 23.7 Å². The number of rotatable bonds is 4. The molecule has 5 atom stereocenters. The van der Waals surface area contributed by atoms with E-state index in [1.165, 1.54) is 0 Å². The first-order chi connectivity index (χ1) is 14.0. The molecule has 2 bridgehead atoms. The minimum atomic E-state index is -0.325. The third-order valence-corrected chi connectivity index (χ3v) is 6.65. The molecular weight excluding hydrogens is 392 g/mol. The SMILES string of the molecule is O=C(Nc1ccccc1Cl)c1ccc(NC(=O)[C@H]2[C@@H]3C[C@H]4[C@@H]2C(=O)O[C@@H]4C3)cc1. The second kappa shape index (κ2) is 6.88. The molecular formula is C22H19ClN2O4. The Balaban J connectivity index is 1.25. The smallest absolute Gasteiger partial charge is 0.310 e. The van der Waals surface area contributed by atoms with Gasteiger partial charge in [0.1, 0.15) is 6.10 Å². The first kappa shape index (κ1) is 18.2. The maximum absolute atomic E-state index is 12.8. The fourth-order valence-corrected chi connectivity index (χ4v) is 5.23. The van der Waals surface area contributed by atoms with Gasteiger partial charge in [0.15, 0.2) is 0 Å². The van der Waals surface area contributed by atoms with Crippen LogP contribution in [-0.4, -0.2) is 23.9 Å². The summed E-state index contributed by atoms with van der Waals surface area (Å²) in [5, 5.41) is 6.12. The van der Waals surface area contributed by atoms with Crippen LogP contribution < -0.4 is 10.6 Å². The molecule has 2 aliphatic carbocycles. The van der Waals surface area contributed by atoms with Crippen molar-refractivity contribution in [3.8, 4) is 0 Å². The van der Waals surface area contributed by atoms with Gasteiger partial charge in [-0.25, -0.2) is 0 Å². The molecule has 0 spiro atoms. The second-order valence-electron chi connectivity index (χ2n) is 7.92. The summed E-state index contributed by atoms with van der Waals surface area (Å²) in [4.78, 5) is 37.3. The maximum Gasteiger partial charge on any atom is 0.310 e. The van der Waals surface area contributed by atoms with Crippen LogP contribution in [0.5, 0.6) is 0 Å². The fourth-order valence-electron chi connectivity index (χ4n) is 5.05. The van der Waals surface area contributed by atoms with Gasteiger partial charge in [0.25, 0.3) is 5.91 Å². The number of nitrogens with one attached hydrogen (secondary N) is 2. The highest BCUT2D eigenvalue weighted by atomic mass is 35.5. The van der Waals surface area contributed by atoms with Crippen LogP contribution in [0.25, 0.3) is 0 Å². The minimum Gasteiger partial charge on any atom is -0.462 e. The zero-order valence-corrected chi connectivity index (χ0v) is 16.2. The number of fused-ring (bicyclic) bond motifs is 1. The van der Waals surface area contributed by atoms with E-state index in [4.69, 9.17) is 16.3 Å². The Morgan fingerprint density at radius 2 is 1.76 bits per heavy atom. The number of para-hydroxylation sites is 1. The Morgan fingerprint density at radius 1 is 1.00 bits per heavy atom. The van der Waals surface area contributed by atoms with E-state index >= 15 is 0 Å². The molecule has 29 heavy (non-hydrogen) atoms. The normalized spacial score (nSPS) is 28.9. The molecule has 5 rings (SSSR count). The number of esters is 1. The number of carbonyl (C=O) groups excluding carboxylic acids is 3. The van der Waals surface area contributed by atoms with Crippen LogP contribution >= 0.6 is 11.6 Å². The number of hydrogen-bond donors (Lipinski definition) is 2. The van der Waals surface area contributed by atoms with Crippen molar-refractivity contribution in [2.45, 2.75) is 18.9 Å². The Kier molecular flexibility index (Phi) is 4.32. The van der Waals surface area contributed by atoms with E-state index in [-0.39, 0.29) is 47.6 Å². The van der Waals surface area contributed by atoms with Gasteiger partial charge in [0.2, 0.25) is 5.91 Å². The highest BCUT2D eigenvalue weighted by Gasteiger charge is 2.63. The molecule has 7 heteroatoms. The lowest BCUT2D eigenvalue weighted by molar-refractivity contribution is -0.145. The van der Waals surface area contributed by atoms with E-state index in [9.17, 15) is 14.4 Å². The highest BCUT2D eigenvalue weighted by Crippen LogP contribution is 2.57. The van der Waals surface area contributed by atoms with E-state index in [1.54, 1.807) is 48.5 Å². The second-order valence-corrected chi connectivity index (χ2v) is 8.33. The average Bonchev–Trinajstić information content (AvgIpc) is 3.33. The molecule has 3 fully saturated rings. The molecule has 1 saturated heterocycles. The summed E-state index contributed by atoms with van der Waals surface area (Å²) in [5.41, 5.74) is 1.58. The van der Waals surface area contributed by atoms with Crippen molar-refractivity contribution in [1.29, 1.82) is 0 Å². The monoisotopic (exact) mass is 410 g/mol. The van der Waals surface area contributed by atoms with Crippen molar-refractivity contribution in [3.05, 3.63) is 59.1 Å². The molecule has 1 heterocycles. The molecule has 2 N–H and O–H groups in total. The van der Waals surface area contributed by atoms with Crippen LogP contribution in [-0.2, 0) is 14.3 Å². The lowest BCUT2D eigenvalue weighted by Crippen LogP contribution is -2.35. The summed E-state index contributed by atoms with van der Waals surface area (Å²) in [6, 6.07) is 13.7. The number of anilines is 2. The summed E-state index contributed by atoms with van der Waals surface area (Å²) >= 11 is 6.07. The van der Waals surface area contributed by atoms with E-state index in [0.717, 1.165) is 12.8 Å². The van der Waals surface area contributed by atoms with Gasteiger partial charge >= 0.3 is 5.97 Å². The third kappa shape index (κ3) is 3.08. The molecule has 3 aliphatic rings. The average molecular weight is 411 g/mol. The molecule has 6 nitrogen and oxygen atoms in total. The van der Waals surface area contributed by atoms with Gasteiger partial charge in [0, 0.05) is 17.2 Å². The molecule has 0 radical (unpaired) electrons. The number of benzene rings is 2. The van der Waals surface area contributed by atoms with E-state index in [1.807, 2.05) is 0 Å². The summed E-state index contributed by atoms with van der Waals surface area (Å²) in [6.45, 7) is 0. The van der Waals surface area contributed by atoms with Crippen LogP contribution in [0, 0.1) is 23.7 Å². The molecule has 0 aromatic heterocycles. The molecule has 2 aromatic rings. The Bertz CT molecular complexity index is 1000. The van der Waals surface area contributed by atoms with Crippen molar-refractivity contribution < 1.29 is 19.1 Å². The topological polar surface area (TPSA) is 84.5 Å². The maximum atomic E-state index is 12.8. The van der Waals surface area contributed by atoms with Crippen molar-refractivity contribution in [1.82, 2.24) is 0 Å². The first-order valence-electron chi connectivity index (χ1n) is 9.68. The van der Waals surface area contributed by atoms with Gasteiger partial charge in [-0.05, 0) is 55.2 Å². The number of ether oxygens (including phenoxy) is 1. The Labute approximate surface area is 172 Å². The summed E-state index contributed by atoms with van der Waals surface area (Å²) in [5.74, 6) is -0.890. The zero-order chi connectivity index (χ0) is 20.1. The molecule has 2 saturated carbocycles. The van der Waals surface area contributed by atoms with Crippen molar-refractivity contribution in [2.24, 2.45) is 23.7 Å². The predicted molar refractivity (Wildman–Crippen MR) is 108 cm³/mol. The number of halogens is 1. The molecule has 2 aromatic carbocycles. The largest absolute Gasteiger partial charge is 0.462 e. The number of carbonyl (C=O) groups is 3. The number of amides is 2. The van der Waals surface area contributed by atoms with E-state index in [0.29, 0.717) is 22.0 Å². The summed E-state index contributed by atoms with van der Waals surface area (Å²) in [6.07, 6.45) is 1.68. The summed E-state index contributed by atoms with van der Waals surface area (Å²) in [7, 11) is 0. The fraction of sp³-hybridized carbons (Fsp3) is 0.318. The summed E-state index contributed by atoms with van der Waals surface area (Å²) < 4.78 is 5.40. The van der Waals surface area contributed by atoms with Crippen LogP contribution in [0.1, 0.15) is 23.2 Å². The van der Waals surface area contributed by atoms with Gasteiger partial charge in [-0.2, -0.15) is 0 Å². The zero-order valence-electron chi connectivity index (χ0n) is 15.4. The quantitative estimate of drug-likeness (QED) is 0.752. The van der Waals surface area contributed by atoms with E-state index < -0.39 is 0 Å². The first-order valence-corrected chi connectivity index (χ1v) is 10.1. The molecule has 148 valence electrons. The van der Waals surface area contributed by atoms with Gasteiger partial charge in [0.05, 0.1) is 22.5 Å². The predicted octanol–water partition coefficient (Wildman–Crippen LogP) is 3.73. The van der Waals surface area contributed by atoms with E-state index in [2.05, 4.69) is 10.6 Å². The molecule has 1 aliphatic heterocycles. The van der Waals surface area contributed by atoms with Crippen LogP contribution in [0.2, 0.25) is 5.02 Å². The lowest BCUT2D eigenvalue weighted by atomic mass is 9.79. The van der Waals surface area contributed by atoms with Crippen LogP contribution in [0.3, 0.4) is 0 Å². The third-order valence-electron chi connectivity index (χ3n) is 6.32. The highest BCUT2D eigenvalue weighted by molar-refractivity contribution is 6.33. The lowest BCUT2D eigenvalue weighted by Gasteiger charge is -2.23. The van der Waals surface area contributed by atoms with Crippen LogP contribution in [0.15, 0.2) is 48.5 Å². The Hall–Kier alpha value is -2.86. The van der Waals surface area contributed by atoms with Gasteiger partial charge < -0.3 is 15.4 Å². The Morgan fingerprint density at radius 3 is 2.52 bits per heavy atom. The molecule has 0 unspecified atom stereocenters. The van der Waals surface area contributed by atoms with Crippen LogP contribution in [0.4, 0.5) is 11.4 Å². The molecule has 2 amide bonds. The standard InChI is InChI=1S/C22H19ClN2O4/c23-15-3-1-2-4-16(15)25-20(26)11-5-7-13(8-6-11)24-21(27)18-12-9-14-17(10-12)29-22(28)19(14)18/h1-8,12,14,17-19H,9-10H2,(H,24,27)(H,25,26)/t12-,14-,17-,18+,19+/m1/s1. The van der Waals surface area contributed by atoms with Crippen molar-refractivity contribution in [2.75, 3.05) is 10.6 Å².